The molecular weight excluding hydrogens is 380 g/mol. The molecule has 1 aliphatic heterocycles. The minimum absolute atomic E-state index is 0.0305. The zero-order valence-electron chi connectivity index (χ0n) is 17.8. The lowest BCUT2D eigenvalue weighted by Gasteiger charge is -2.24. The molecule has 0 unspecified atom stereocenters. The number of benzene rings is 1. The lowest BCUT2D eigenvalue weighted by molar-refractivity contribution is 0.0729. The Morgan fingerprint density at radius 2 is 2.07 bits per heavy atom. The molecule has 7 nitrogen and oxygen atoms in total. The third kappa shape index (κ3) is 4.10. The Hall–Kier alpha value is -3.09. The number of carbonyl (C=O) groups excluding carboxylic acids is 1. The Morgan fingerprint density at radius 1 is 1.23 bits per heavy atom. The molecule has 0 atom stereocenters. The summed E-state index contributed by atoms with van der Waals surface area (Å²) >= 11 is 0. The van der Waals surface area contributed by atoms with Crippen LogP contribution in [0.2, 0.25) is 0 Å². The van der Waals surface area contributed by atoms with Crippen molar-refractivity contribution in [1.29, 1.82) is 0 Å². The summed E-state index contributed by atoms with van der Waals surface area (Å²) in [4.78, 5) is 24.6. The number of fused-ring (bicyclic) bond motifs is 2. The van der Waals surface area contributed by atoms with Crippen LogP contribution in [0.1, 0.15) is 49.8 Å². The molecule has 0 radical (unpaired) electrons. The fraction of sp³-hybridized carbons (Fsp3) is 0.435. The quantitative estimate of drug-likeness (QED) is 0.557. The Balaban J connectivity index is 1.65. The minimum Gasteiger partial charge on any atom is -0.454 e. The summed E-state index contributed by atoms with van der Waals surface area (Å²) in [5.74, 6) is 2.62. The van der Waals surface area contributed by atoms with Crippen LogP contribution in [0.25, 0.3) is 11.2 Å². The van der Waals surface area contributed by atoms with Gasteiger partial charge in [0.25, 0.3) is 5.91 Å². The van der Waals surface area contributed by atoms with Gasteiger partial charge in [-0.1, -0.05) is 20.8 Å². The molecule has 0 fully saturated rings. The minimum atomic E-state index is -0.0305. The van der Waals surface area contributed by atoms with Crippen LogP contribution < -0.4 is 9.47 Å². The van der Waals surface area contributed by atoms with Crippen molar-refractivity contribution in [1.82, 2.24) is 19.4 Å². The van der Waals surface area contributed by atoms with Gasteiger partial charge in [-0.3, -0.25) is 4.79 Å². The van der Waals surface area contributed by atoms with Crippen molar-refractivity contribution < 1.29 is 14.3 Å². The SMILES string of the molecule is CCCn1c(CN(CCC(C)C)C(=O)c2ccc3c(c2)OCO3)nc2cccnc21. The van der Waals surface area contributed by atoms with Crippen molar-refractivity contribution in [2.24, 2.45) is 5.92 Å². The van der Waals surface area contributed by atoms with Crippen LogP contribution >= 0.6 is 0 Å². The standard InChI is InChI=1S/C23H28N4O3/c1-4-11-27-21(25-18-6-5-10-24-22(18)27)14-26(12-9-16(2)3)23(28)17-7-8-19-20(13-17)30-15-29-19/h5-8,10,13,16H,4,9,11-12,14-15H2,1-3H3. The number of pyridine rings is 1. The molecule has 0 saturated heterocycles. The predicted molar refractivity (Wildman–Crippen MR) is 115 cm³/mol. The first kappa shape index (κ1) is 20.2. The average molecular weight is 409 g/mol. The Bertz CT molecular complexity index is 1040. The van der Waals surface area contributed by atoms with Crippen molar-refractivity contribution >= 4 is 17.1 Å². The van der Waals surface area contributed by atoms with Gasteiger partial charge in [-0.05, 0) is 49.1 Å². The molecule has 30 heavy (non-hydrogen) atoms. The molecule has 3 aromatic rings. The van der Waals surface area contributed by atoms with Crippen LogP contribution in [-0.2, 0) is 13.1 Å². The molecule has 0 bridgehead atoms. The summed E-state index contributed by atoms with van der Waals surface area (Å²) in [6, 6.07) is 9.23. The lowest BCUT2D eigenvalue weighted by Crippen LogP contribution is -2.33. The maximum absolute atomic E-state index is 13.4. The van der Waals surface area contributed by atoms with Gasteiger partial charge in [0.1, 0.15) is 11.3 Å². The van der Waals surface area contributed by atoms with Gasteiger partial charge in [0.2, 0.25) is 6.79 Å². The average Bonchev–Trinajstić information content (AvgIpc) is 3.35. The number of imidazole rings is 1. The molecule has 0 N–H and O–H groups in total. The van der Waals surface area contributed by atoms with Crippen LogP contribution in [0.4, 0.5) is 0 Å². The fourth-order valence-corrected chi connectivity index (χ4v) is 3.63. The van der Waals surface area contributed by atoms with E-state index in [1.54, 1.807) is 24.4 Å². The van der Waals surface area contributed by atoms with E-state index in [-0.39, 0.29) is 12.7 Å². The topological polar surface area (TPSA) is 69.5 Å². The van der Waals surface area contributed by atoms with Gasteiger partial charge in [-0.2, -0.15) is 0 Å². The van der Waals surface area contributed by atoms with Gasteiger partial charge in [0.15, 0.2) is 17.1 Å². The maximum Gasteiger partial charge on any atom is 0.254 e. The number of amides is 1. The number of aryl methyl sites for hydroxylation is 1. The number of carbonyl (C=O) groups is 1. The summed E-state index contributed by atoms with van der Waals surface area (Å²) in [5, 5.41) is 0. The van der Waals surface area contributed by atoms with E-state index in [1.165, 1.54) is 0 Å². The number of hydrogen-bond donors (Lipinski definition) is 0. The van der Waals surface area contributed by atoms with E-state index in [0.717, 1.165) is 36.4 Å². The van der Waals surface area contributed by atoms with E-state index in [2.05, 4.69) is 30.3 Å². The number of hydrogen-bond acceptors (Lipinski definition) is 5. The Labute approximate surface area is 176 Å². The van der Waals surface area contributed by atoms with Crippen molar-refractivity contribution in [3.63, 3.8) is 0 Å². The number of aromatic nitrogens is 3. The van der Waals surface area contributed by atoms with E-state index < -0.39 is 0 Å². The molecule has 3 heterocycles. The Morgan fingerprint density at radius 3 is 2.87 bits per heavy atom. The second-order valence-electron chi connectivity index (χ2n) is 8.00. The molecule has 0 aliphatic carbocycles. The zero-order valence-corrected chi connectivity index (χ0v) is 17.8. The highest BCUT2D eigenvalue weighted by molar-refractivity contribution is 5.95. The van der Waals surface area contributed by atoms with E-state index in [9.17, 15) is 4.79 Å². The van der Waals surface area contributed by atoms with Gasteiger partial charge >= 0.3 is 0 Å². The predicted octanol–water partition coefficient (Wildman–Crippen LogP) is 4.26. The Kier molecular flexibility index (Phi) is 5.88. The zero-order chi connectivity index (χ0) is 21.1. The van der Waals surface area contributed by atoms with E-state index in [0.29, 0.717) is 36.1 Å². The molecule has 0 saturated carbocycles. The molecule has 1 aliphatic rings. The second kappa shape index (κ2) is 8.73. The highest BCUT2D eigenvalue weighted by atomic mass is 16.7. The summed E-state index contributed by atoms with van der Waals surface area (Å²) < 4.78 is 13.0. The molecule has 1 amide bonds. The highest BCUT2D eigenvalue weighted by Crippen LogP contribution is 2.33. The normalized spacial score (nSPS) is 12.7. The van der Waals surface area contributed by atoms with E-state index in [1.807, 2.05) is 17.0 Å². The van der Waals surface area contributed by atoms with Crippen LogP contribution in [0.15, 0.2) is 36.5 Å². The first-order valence-electron chi connectivity index (χ1n) is 10.6. The largest absolute Gasteiger partial charge is 0.454 e. The van der Waals surface area contributed by atoms with Gasteiger partial charge < -0.3 is 18.9 Å². The van der Waals surface area contributed by atoms with Gasteiger partial charge in [-0.15, -0.1) is 0 Å². The van der Waals surface area contributed by atoms with Crippen molar-refractivity contribution in [2.45, 2.75) is 46.7 Å². The molecule has 158 valence electrons. The van der Waals surface area contributed by atoms with Crippen molar-refractivity contribution in [3.05, 3.63) is 47.9 Å². The smallest absolute Gasteiger partial charge is 0.254 e. The lowest BCUT2D eigenvalue weighted by atomic mass is 10.1. The van der Waals surface area contributed by atoms with Gasteiger partial charge in [0, 0.05) is 24.8 Å². The van der Waals surface area contributed by atoms with Crippen LogP contribution in [0.3, 0.4) is 0 Å². The molecule has 4 rings (SSSR count). The first-order chi connectivity index (χ1) is 14.6. The summed E-state index contributed by atoms with van der Waals surface area (Å²) in [5.41, 5.74) is 2.33. The molecule has 2 aromatic heterocycles. The second-order valence-corrected chi connectivity index (χ2v) is 8.00. The van der Waals surface area contributed by atoms with Crippen LogP contribution in [0, 0.1) is 5.92 Å². The monoisotopic (exact) mass is 408 g/mol. The first-order valence-corrected chi connectivity index (χ1v) is 10.6. The highest BCUT2D eigenvalue weighted by Gasteiger charge is 2.23. The van der Waals surface area contributed by atoms with Crippen LogP contribution in [0.5, 0.6) is 11.5 Å². The third-order valence-corrected chi connectivity index (χ3v) is 5.25. The van der Waals surface area contributed by atoms with Gasteiger partial charge in [-0.25, -0.2) is 9.97 Å². The number of nitrogens with zero attached hydrogens (tertiary/aromatic N) is 4. The van der Waals surface area contributed by atoms with Crippen LogP contribution in [-0.4, -0.2) is 38.7 Å². The third-order valence-electron chi connectivity index (χ3n) is 5.25. The van der Waals surface area contributed by atoms with Crippen molar-refractivity contribution in [2.75, 3.05) is 13.3 Å². The van der Waals surface area contributed by atoms with Gasteiger partial charge in [0.05, 0.1) is 6.54 Å². The molecule has 0 spiro atoms. The molecule has 7 heteroatoms. The van der Waals surface area contributed by atoms with E-state index >= 15 is 0 Å². The summed E-state index contributed by atoms with van der Waals surface area (Å²) in [6.45, 7) is 8.58. The summed E-state index contributed by atoms with van der Waals surface area (Å²) in [6.07, 6.45) is 3.67. The number of rotatable bonds is 8. The van der Waals surface area contributed by atoms with Crippen molar-refractivity contribution in [3.8, 4) is 11.5 Å². The number of ether oxygens (including phenoxy) is 2. The fourth-order valence-electron chi connectivity index (χ4n) is 3.63. The van der Waals surface area contributed by atoms with E-state index in [4.69, 9.17) is 14.5 Å². The summed E-state index contributed by atoms with van der Waals surface area (Å²) in [7, 11) is 0. The molecule has 1 aromatic carbocycles. The maximum atomic E-state index is 13.4. The molecular formula is C23H28N4O3.